The van der Waals surface area contributed by atoms with E-state index in [1.54, 1.807) is 26.0 Å². The summed E-state index contributed by atoms with van der Waals surface area (Å²) in [6.45, 7) is 3.34. The van der Waals surface area contributed by atoms with E-state index in [1.165, 1.54) is 0 Å². The van der Waals surface area contributed by atoms with Gasteiger partial charge in [0.2, 0.25) is 0 Å². The summed E-state index contributed by atoms with van der Waals surface area (Å²) < 4.78 is 0. The van der Waals surface area contributed by atoms with Gasteiger partial charge >= 0.3 is 0 Å². The van der Waals surface area contributed by atoms with Crippen LogP contribution in [0.3, 0.4) is 0 Å². The zero-order valence-corrected chi connectivity index (χ0v) is 7.55. The predicted octanol–water partition coefficient (Wildman–Crippen LogP) is 2.87. The SMILES string of the molecule is Cc1ccc(Cl)c(C)c1[N+](=O)[O-]. The molecular weight excluding hydrogens is 178 g/mol. The van der Waals surface area contributed by atoms with Crippen molar-refractivity contribution >= 4 is 17.3 Å². The monoisotopic (exact) mass is 185 g/mol. The Bertz CT molecular complexity index is 336. The molecule has 0 unspecified atom stereocenters. The normalized spacial score (nSPS) is 9.92. The lowest BCUT2D eigenvalue weighted by Crippen LogP contribution is -1.95. The molecule has 0 N–H and O–H groups in total. The summed E-state index contributed by atoms with van der Waals surface area (Å²) in [5, 5.41) is 11.0. The van der Waals surface area contributed by atoms with Crippen molar-refractivity contribution in [1.29, 1.82) is 0 Å². The van der Waals surface area contributed by atoms with E-state index in [0.29, 0.717) is 16.1 Å². The quantitative estimate of drug-likeness (QED) is 0.499. The topological polar surface area (TPSA) is 43.1 Å². The smallest absolute Gasteiger partial charge is 0.258 e. The number of nitrogens with zero attached hydrogens (tertiary/aromatic N) is 1. The van der Waals surface area contributed by atoms with Gasteiger partial charge in [-0.1, -0.05) is 17.7 Å². The Labute approximate surface area is 75.1 Å². The fourth-order valence-electron chi connectivity index (χ4n) is 1.09. The molecular formula is C8H8ClNO2. The standard InChI is InChI=1S/C8H8ClNO2/c1-5-3-4-7(9)6(2)8(5)10(11)12/h3-4H,1-2H3. The van der Waals surface area contributed by atoms with Crippen molar-refractivity contribution < 1.29 is 4.92 Å². The lowest BCUT2D eigenvalue weighted by molar-refractivity contribution is -0.386. The third kappa shape index (κ3) is 1.41. The summed E-state index contributed by atoms with van der Waals surface area (Å²) in [6.07, 6.45) is 0. The second-order valence-corrected chi connectivity index (χ2v) is 3.00. The fraction of sp³-hybridized carbons (Fsp3) is 0.250. The highest BCUT2D eigenvalue weighted by molar-refractivity contribution is 6.31. The molecule has 1 rings (SSSR count). The van der Waals surface area contributed by atoms with E-state index in [0.717, 1.165) is 0 Å². The largest absolute Gasteiger partial charge is 0.276 e. The molecule has 0 fully saturated rings. The van der Waals surface area contributed by atoms with Gasteiger partial charge in [0.15, 0.2) is 0 Å². The van der Waals surface area contributed by atoms with Crippen molar-refractivity contribution in [2.75, 3.05) is 0 Å². The van der Waals surface area contributed by atoms with Crippen molar-refractivity contribution in [3.05, 3.63) is 38.4 Å². The zero-order chi connectivity index (χ0) is 9.30. The summed E-state index contributed by atoms with van der Waals surface area (Å²) in [7, 11) is 0. The number of halogens is 1. The lowest BCUT2D eigenvalue weighted by Gasteiger charge is -2.01. The molecule has 1 aromatic rings. The molecule has 4 heteroatoms. The molecule has 0 radical (unpaired) electrons. The molecule has 0 saturated heterocycles. The van der Waals surface area contributed by atoms with Gasteiger partial charge in [-0.2, -0.15) is 0 Å². The summed E-state index contributed by atoms with van der Waals surface area (Å²) >= 11 is 5.73. The Kier molecular flexibility index (Phi) is 2.33. The van der Waals surface area contributed by atoms with Gasteiger partial charge in [-0.05, 0) is 19.9 Å². The van der Waals surface area contributed by atoms with Crippen molar-refractivity contribution in [3.63, 3.8) is 0 Å². The first-order valence-corrected chi connectivity index (χ1v) is 3.82. The Morgan fingerprint density at radius 3 is 2.42 bits per heavy atom. The van der Waals surface area contributed by atoms with Crippen LogP contribution in [0.1, 0.15) is 11.1 Å². The molecule has 0 amide bonds. The van der Waals surface area contributed by atoms with Crippen LogP contribution in [-0.2, 0) is 0 Å². The van der Waals surface area contributed by atoms with Crippen LogP contribution in [0.25, 0.3) is 0 Å². The average molecular weight is 186 g/mol. The number of rotatable bonds is 1. The van der Waals surface area contributed by atoms with Gasteiger partial charge in [0.05, 0.1) is 9.95 Å². The summed E-state index contributed by atoms with van der Waals surface area (Å²) in [5.74, 6) is 0. The Morgan fingerprint density at radius 1 is 1.42 bits per heavy atom. The van der Waals surface area contributed by atoms with Crippen LogP contribution >= 0.6 is 11.6 Å². The van der Waals surface area contributed by atoms with E-state index in [2.05, 4.69) is 0 Å². The molecule has 0 bridgehead atoms. The molecule has 0 aliphatic heterocycles. The highest BCUT2D eigenvalue weighted by Gasteiger charge is 2.15. The van der Waals surface area contributed by atoms with Crippen LogP contribution < -0.4 is 0 Å². The molecule has 0 aromatic heterocycles. The van der Waals surface area contributed by atoms with E-state index in [4.69, 9.17) is 11.6 Å². The molecule has 0 aliphatic rings. The Morgan fingerprint density at radius 2 is 2.00 bits per heavy atom. The van der Waals surface area contributed by atoms with E-state index >= 15 is 0 Å². The molecule has 0 spiro atoms. The zero-order valence-electron chi connectivity index (χ0n) is 6.80. The maximum Gasteiger partial charge on any atom is 0.276 e. The molecule has 0 heterocycles. The third-order valence-electron chi connectivity index (χ3n) is 1.75. The number of hydrogen-bond acceptors (Lipinski definition) is 2. The summed E-state index contributed by atoms with van der Waals surface area (Å²) in [5.41, 5.74) is 1.28. The molecule has 12 heavy (non-hydrogen) atoms. The lowest BCUT2D eigenvalue weighted by atomic mass is 10.1. The second kappa shape index (κ2) is 3.11. The van der Waals surface area contributed by atoms with Crippen molar-refractivity contribution in [2.24, 2.45) is 0 Å². The first-order valence-electron chi connectivity index (χ1n) is 3.44. The van der Waals surface area contributed by atoms with Crippen molar-refractivity contribution in [2.45, 2.75) is 13.8 Å². The summed E-state index contributed by atoms with van der Waals surface area (Å²) in [6, 6.07) is 3.31. The Balaban J connectivity index is 3.43. The molecule has 1 aromatic carbocycles. The van der Waals surface area contributed by atoms with E-state index in [1.807, 2.05) is 0 Å². The molecule has 0 aliphatic carbocycles. The number of benzene rings is 1. The first-order chi connectivity index (χ1) is 5.54. The van der Waals surface area contributed by atoms with Crippen LogP contribution in [0.5, 0.6) is 0 Å². The molecule has 64 valence electrons. The Hall–Kier alpha value is -1.09. The fourth-order valence-corrected chi connectivity index (χ4v) is 1.24. The van der Waals surface area contributed by atoms with Gasteiger partial charge in [-0.15, -0.1) is 0 Å². The molecule has 0 saturated carbocycles. The third-order valence-corrected chi connectivity index (χ3v) is 2.16. The minimum absolute atomic E-state index is 0.113. The molecule has 3 nitrogen and oxygen atoms in total. The van der Waals surface area contributed by atoms with Crippen LogP contribution in [0.2, 0.25) is 5.02 Å². The second-order valence-electron chi connectivity index (χ2n) is 2.60. The van der Waals surface area contributed by atoms with Crippen molar-refractivity contribution in [3.8, 4) is 0 Å². The van der Waals surface area contributed by atoms with Gasteiger partial charge in [-0.3, -0.25) is 10.1 Å². The van der Waals surface area contributed by atoms with E-state index < -0.39 is 4.92 Å². The van der Waals surface area contributed by atoms with Gasteiger partial charge in [0.1, 0.15) is 0 Å². The number of nitro groups is 1. The molecule has 0 atom stereocenters. The van der Waals surface area contributed by atoms with E-state index in [-0.39, 0.29) is 5.69 Å². The van der Waals surface area contributed by atoms with E-state index in [9.17, 15) is 10.1 Å². The maximum absolute atomic E-state index is 10.5. The highest BCUT2D eigenvalue weighted by Crippen LogP contribution is 2.28. The maximum atomic E-state index is 10.5. The minimum atomic E-state index is -0.406. The first kappa shape index (κ1) is 9.00. The van der Waals surface area contributed by atoms with Crippen LogP contribution in [0.15, 0.2) is 12.1 Å². The van der Waals surface area contributed by atoms with Gasteiger partial charge < -0.3 is 0 Å². The number of nitro benzene ring substituents is 1. The highest BCUT2D eigenvalue weighted by atomic mass is 35.5. The number of hydrogen-bond donors (Lipinski definition) is 0. The predicted molar refractivity (Wildman–Crippen MR) is 47.6 cm³/mol. The van der Waals surface area contributed by atoms with Crippen LogP contribution in [0, 0.1) is 24.0 Å². The van der Waals surface area contributed by atoms with Crippen LogP contribution in [-0.4, -0.2) is 4.92 Å². The average Bonchev–Trinajstić information content (AvgIpc) is 1.97. The van der Waals surface area contributed by atoms with Crippen molar-refractivity contribution in [1.82, 2.24) is 0 Å². The van der Waals surface area contributed by atoms with Crippen LogP contribution in [0.4, 0.5) is 5.69 Å². The number of aryl methyl sites for hydroxylation is 1. The summed E-state index contributed by atoms with van der Waals surface area (Å²) in [4.78, 5) is 10.1. The minimum Gasteiger partial charge on any atom is -0.258 e. The van der Waals surface area contributed by atoms with Gasteiger partial charge in [0.25, 0.3) is 5.69 Å². The van der Waals surface area contributed by atoms with Gasteiger partial charge in [0, 0.05) is 11.1 Å². The van der Waals surface area contributed by atoms with Gasteiger partial charge in [-0.25, -0.2) is 0 Å².